The second-order valence-electron chi connectivity index (χ2n) is 7.02. The van der Waals surface area contributed by atoms with Gasteiger partial charge in [-0.25, -0.2) is 4.79 Å². The lowest BCUT2D eigenvalue weighted by molar-refractivity contribution is -0.125. The smallest absolute Gasteiger partial charge is 0.375 e. The molecular formula is C21H27NO5. The summed E-state index contributed by atoms with van der Waals surface area (Å²) in [6.45, 7) is -0.0749. The minimum Gasteiger partial charge on any atom is -0.450 e. The summed E-state index contributed by atoms with van der Waals surface area (Å²) in [6.07, 6.45) is 7.95. The first-order valence-corrected chi connectivity index (χ1v) is 9.65. The number of fused-ring (bicyclic) bond motifs is 1. The van der Waals surface area contributed by atoms with Crippen molar-refractivity contribution in [3.05, 3.63) is 35.6 Å². The van der Waals surface area contributed by atoms with E-state index in [2.05, 4.69) is 5.32 Å². The molecule has 0 bridgehead atoms. The highest BCUT2D eigenvalue weighted by molar-refractivity contribution is 5.96. The first-order chi connectivity index (χ1) is 13.2. The van der Waals surface area contributed by atoms with Crippen LogP contribution >= 0.6 is 0 Å². The molecule has 0 atom stereocenters. The number of para-hydroxylation sites is 1. The summed E-state index contributed by atoms with van der Waals surface area (Å²) in [5.74, 6) is -0.818. The van der Waals surface area contributed by atoms with Crippen LogP contribution in [-0.2, 0) is 20.9 Å². The molecule has 1 N–H and O–H groups in total. The molecule has 0 spiro atoms. The molecule has 1 aromatic carbocycles. The van der Waals surface area contributed by atoms with Crippen molar-refractivity contribution in [3.8, 4) is 0 Å². The Kier molecular flexibility index (Phi) is 6.87. The molecule has 27 heavy (non-hydrogen) atoms. The normalized spacial score (nSPS) is 15.9. The number of esters is 1. The maximum atomic E-state index is 12.5. The van der Waals surface area contributed by atoms with Gasteiger partial charge in [0.15, 0.2) is 6.61 Å². The van der Waals surface area contributed by atoms with E-state index in [4.69, 9.17) is 13.9 Å². The molecule has 1 saturated carbocycles. The number of methoxy groups -OCH3 is 1. The second-order valence-corrected chi connectivity index (χ2v) is 7.02. The maximum Gasteiger partial charge on any atom is 0.375 e. The van der Waals surface area contributed by atoms with Crippen LogP contribution in [0.2, 0.25) is 0 Å². The highest BCUT2D eigenvalue weighted by atomic mass is 16.5. The molecular weight excluding hydrogens is 346 g/mol. The number of furan rings is 1. The molecule has 0 unspecified atom stereocenters. The molecule has 0 saturated heterocycles. The predicted octanol–water partition coefficient (Wildman–Crippen LogP) is 3.97. The third-order valence-corrected chi connectivity index (χ3v) is 4.98. The zero-order chi connectivity index (χ0) is 19.1. The lowest BCUT2D eigenvalue weighted by Gasteiger charge is -2.20. The van der Waals surface area contributed by atoms with Gasteiger partial charge in [0.25, 0.3) is 5.91 Å². The van der Waals surface area contributed by atoms with Gasteiger partial charge in [0.05, 0.1) is 6.61 Å². The average molecular weight is 373 g/mol. The van der Waals surface area contributed by atoms with E-state index in [1.807, 2.05) is 18.2 Å². The number of nitrogens with one attached hydrogen (secondary N) is 1. The molecule has 1 heterocycles. The van der Waals surface area contributed by atoms with Gasteiger partial charge in [-0.3, -0.25) is 4.79 Å². The van der Waals surface area contributed by atoms with Gasteiger partial charge in [-0.05, 0) is 18.9 Å². The van der Waals surface area contributed by atoms with E-state index in [0.717, 1.165) is 31.1 Å². The van der Waals surface area contributed by atoms with E-state index in [-0.39, 0.29) is 30.9 Å². The lowest BCUT2D eigenvalue weighted by Crippen LogP contribution is -2.38. The summed E-state index contributed by atoms with van der Waals surface area (Å²) < 4.78 is 16.0. The van der Waals surface area contributed by atoms with Crippen LogP contribution in [0.4, 0.5) is 0 Å². The van der Waals surface area contributed by atoms with Gasteiger partial charge in [0, 0.05) is 24.1 Å². The number of hydrogen-bond acceptors (Lipinski definition) is 5. The van der Waals surface area contributed by atoms with Crippen LogP contribution < -0.4 is 5.32 Å². The molecule has 2 aromatic rings. The summed E-state index contributed by atoms with van der Waals surface area (Å²) in [7, 11) is 1.55. The summed E-state index contributed by atoms with van der Waals surface area (Å²) in [5.41, 5.74) is 1.23. The summed E-state index contributed by atoms with van der Waals surface area (Å²) in [4.78, 5) is 24.6. The van der Waals surface area contributed by atoms with E-state index in [1.165, 1.54) is 19.3 Å². The summed E-state index contributed by atoms with van der Waals surface area (Å²) in [5, 5.41) is 3.80. The van der Waals surface area contributed by atoms with E-state index >= 15 is 0 Å². The van der Waals surface area contributed by atoms with E-state index < -0.39 is 5.97 Å². The number of amides is 1. The molecule has 1 aromatic heterocycles. The Bertz CT molecular complexity index is 774. The minimum absolute atomic E-state index is 0.0943. The van der Waals surface area contributed by atoms with Gasteiger partial charge in [0.2, 0.25) is 5.76 Å². The van der Waals surface area contributed by atoms with Gasteiger partial charge in [-0.2, -0.15) is 0 Å². The SMILES string of the molecule is COCc1c(C(=O)OCC(=O)NC2CCCCCCC2)oc2ccccc12. The summed E-state index contributed by atoms with van der Waals surface area (Å²) in [6, 6.07) is 7.53. The highest BCUT2D eigenvalue weighted by Gasteiger charge is 2.23. The topological polar surface area (TPSA) is 77.8 Å². The fourth-order valence-electron chi connectivity index (χ4n) is 3.62. The van der Waals surface area contributed by atoms with E-state index in [0.29, 0.717) is 11.1 Å². The van der Waals surface area contributed by atoms with Crippen LogP contribution in [0.15, 0.2) is 28.7 Å². The first-order valence-electron chi connectivity index (χ1n) is 9.65. The Labute approximate surface area is 159 Å². The van der Waals surface area contributed by atoms with Crippen molar-refractivity contribution >= 4 is 22.8 Å². The van der Waals surface area contributed by atoms with E-state index in [1.54, 1.807) is 13.2 Å². The standard InChI is InChI=1S/C21H27NO5/c1-25-13-17-16-11-7-8-12-18(16)27-20(17)21(24)26-14-19(23)22-15-9-5-3-2-4-6-10-15/h7-8,11-12,15H,2-6,9-10,13-14H2,1H3,(H,22,23). The number of rotatable bonds is 6. The molecule has 6 nitrogen and oxygen atoms in total. The Hall–Kier alpha value is -2.34. The van der Waals surface area contributed by atoms with E-state index in [9.17, 15) is 9.59 Å². The Morgan fingerprint density at radius 1 is 1.11 bits per heavy atom. The third kappa shape index (κ3) is 5.10. The van der Waals surface area contributed by atoms with Crippen molar-refractivity contribution in [1.82, 2.24) is 5.32 Å². The van der Waals surface area contributed by atoms with Crippen LogP contribution in [0.25, 0.3) is 11.0 Å². The molecule has 1 aliphatic rings. The van der Waals surface area contributed by atoms with Crippen molar-refractivity contribution in [2.24, 2.45) is 0 Å². The number of benzene rings is 1. The van der Waals surface area contributed by atoms with Crippen molar-refractivity contribution in [2.45, 2.75) is 57.6 Å². The van der Waals surface area contributed by atoms with Crippen LogP contribution in [0.1, 0.15) is 61.1 Å². The van der Waals surface area contributed by atoms with Crippen molar-refractivity contribution < 1.29 is 23.5 Å². The first kappa shape index (κ1) is 19.4. The van der Waals surface area contributed by atoms with Gasteiger partial charge in [0.1, 0.15) is 5.58 Å². The lowest BCUT2D eigenvalue weighted by atomic mass is 9.97. The van der Waals surface area contributed by atoms with Crippen LogP contribution in [-0.4, -0.2) is 31.6 Å². The van der Waals surface area contributed by atoms with Crippen LogP contribution in [0, 0.1) is 0 Å². The highest BCUT2D eigenvalue weighted by Crippen LogP contribution is 2.27. The zero-order valence-corrected chi connectivity index (χ0v) is 15.8. The molecule has 6 heteroatoms. The second kappa shape index (κ2) is 9.55. The van der Waals surface area contributed by atoms with Crippen molar-refractivity contribution in [1.29, 1.82) is 0 Å². The Balaban J connectivity index is 1.59. The molecule has 1 aliphatic carbocycles. The zero-order valence-electron chi connectivity index (χ0n) is 15.8. The van der Waals surface area contributed by atoms with Gasteiger partial charge in [-0.1, -0.05) is 50.3 Å². The average Bonchev–Trinajstić information content (AvgIpc) is 3.01. The number of carbonyl (C=O) groups excluding carboxylic acids is 2. The summed E-state index contributed by atoms with van der Waals surface area (Å²) >= 11 is 0. The predicted molar refractivity (Wildman–Crippen MR) is 101 cm³/mol. The number of ether oxygens (including phenoxy) is 2. The fourth-order valence-corrected chi connectivity index (χ4v) is 3.62. The molecule has 1 fully saturated rings. The Morgan fingerprint density at radius 2 is 1.81 bits per heavy atom. The number of carbonyl (C=O) groups is 2. The molecule has 0 aliphatic heterocycles. The monoisotopic (exact) mass is 373 g/mol. The van der Waals surface area contributed by atoms with Gasteiger partial charge >= 0.3 is 5.97 Å². The fraction of sp³-hybridized carbons (Fsp3) is 0.524. The van der Waals surface area contributed by atoms with Crippen molar-refractivity contribution in [2.75, 3.05) is 13.7 Å². The molecule has 1 amide bonds. The molecule has 0 radical (unpaired) electrons. The van der Waals surface area contributed by atoms with Crippen LogP contribution in [0.5, 0.6) is 0 Å². The quantitative estimate of drug-likeness (QED) is 0.776. The third-order valence-electron chi connectivity index (χ3n) is 4.98. The maximum absolute atomic E-state index is 12.5. The Morgan fingerprint density at radius 3 is 2.56 bits per heavy atom. The number of hydrogen-bond donors (Lipinski definition) is 1. The van der Waals surface area contributed by atoms with Gasteiger partial charge in [-0.15, -0.1) is 0 Å². The molecule has 3 rings (SSSR count). The molecule has 146 valence electrons. The van der Waals surface area contributed by atoms with Crippen LogP contribution in [0.3, 0.4) is 0 Å². The largest absolute Gasteiger partial charge is 0.450 e. The van der Waals surface area contributed by atoms with Crippen molar-refractivity contribution in [3.63, 3.8) is 0 Å². The minimum atomic E-state index is -0.647. The van der Waals surface area contributed by atoms with Gasteiger partial charge < -0.3 is 19.2 Å².